The fourth-order valence-corrected chi connectivity index (χ4v) is 5.21. The molecular formula is C21H24N4OS2. The van der Waals surface area contributed by atoms with Gasteiger partial charge < -0.3 is 4.90 Å². The first-order valence-corrected chi connectivity index (χ1v) is 11.5. The molecule has 0 bridgehead atoms. The van der Waals surface area contributed by atoms with Crippen LogP contribution in [0.1, 0.15) is 32.1 Å². The third kappa shape index (κ3) is 4.15. The van der Waals surface area contributed by atoms with E-state index in [1.165, 1.54) is 31.0 Å². The largest absolute Gasteiger partial charge is 0.342 e. The van der Waals surface area contributed by atoms with Gasteiger partial charge in [0.15, 0.2) is 11.0 Å². The van der Waals surface area contributed by atoms with Gasteiger partial charge >= 0.3 is 0 Å². The van der Waals surface area contributed by atoms with Crippen molar-refractivity contribution in [2.24, 2.45) is 0 Å². The molecule has 1 aliphatic rings. The van der Waals surface area contributed by atoms with Crippen LogP contribution in [0.4, 0.5) is 0 Å². The molecule has 1 fully saturated rings. The highest BCUT2D eigenvalue weighted by atomic mass is 32.2. The minimum Gasteiger partial charge on any atom is -0.342 e. The van der Waals surface area contributed by atoms with E-state index in [0.29, 0.717) is 11.8 Å². The molecule has 5 nitrogen and oxygen atoms in total. The number of thioether (sulfide) groups is 1. The zero-order chi connectivity index (χ0) is 19.3. The Balaban J connectivity index is 1.54. The zero-order valence-electron chi connectivity index (χ0n) is 16.0. The predicted molar refractivity (Wildman–Crippen MR) is 115 cm³/mol. The summed E-state index contributed by atoms with van der Waals surface area (Å²) < 4.78 is 2.05. The van der Waals surface area contributed by atoms with Crippen molar-refractivity contribution in [2.75, 3.05) is 12.8 Å². The Kier molecular flexibility index (Phi) is 6.12. The number of para-hydroxylation sites is 1. The van der Waals surface area contributed by atoms with Crippen LogP contribution in [0.3, 0.4) is 0 Å². The second-order valence-electron chi connectivity index (χ2n) is 7.04. The summed E-state index contributed by atoms with van der Waals surface area (Å²) in [5.41, 5.74) is 1.01. The van der Waals surface area contributed by atoms with Crippen molar-refractivity contribution in [3.05, 3.63) is 47.8 Å². The fraction of sp³-hybridized carbons (Fsp3) is 0.381. The van der Waals surface area contributed by atoms with Gasteiger partial charge in [0.25, 0.3) is 0 Å². The van der Waals surface area contributed by atoms with E-state index in [9.17, 15) is 4.79 Å². The number of benzene rings is 1. The van der Waals surface area contributed by atoms with Crippen molar-refractivity contribution in [1.29, 1.82) is 0 Å². The maximum atomic E-state index is 12.7. The lowest BCUT2D eigenvalue weighted by Gasteiger charge is -2.31. The summed E-state index contributed by atoms with van der Waals surface area (Å²) in [5.74, 6) is 1.36. The molecule has 0 aliphatic heterocycles. The van der Waals surface area contributed by atoms with Gasteiger partial charge in [0.1, 0.15) is 0 Å². The molecule has 0 spiro atoms. The second kappa shape index (κ2) is 8.92. The number of carbonyl (C=O) groups excluding carboxylic acids is 1. The first-order chi connectivity index (χ1) is 13.7. The molecule has 2 heterocycles. The highest BCUT2D eigenvalue weighted by molar-refractivity contribution is 7.99. The third-order valence-electron chi connectivity index (χ3n) is 5.23. The molecule has 1 aromatic carbocycles. The molecule has 0 radical (unpaired) electrons. The Labute approximate surface area is 173 Å². The van der Waals surface area contributed by atoms with Crippen LogP contribution in [0.2, 0.25) is 0 Å². The maximum absolute atomic E-state index is 12.7. The summed E-state index contributed by atoms with van der Waals surface area (Å²) >= 11 is 3.10. The van der Waals surface area contributed by atoms with Gasteiger partial charge in [-0.15, -0.1) is 21.5 Å². The molecule has 28 heavy (non-hydrogen) atoms. The second-order valence-corrected chi connectivity index (χ2v) is 8.93. The standard InChI is InChI=1S/C21H24N4OS2/c1-24(16-9-4-2-5-10-16)19(26)15-28-21-23-22-20(18-13-8-14-27-18)25(21)17-11-6-3-7-12-17/h3,6-8,11-14,16H,2,4-5,9-10,15H2,1H3. The lowest BCUT2D eigenvalue weighted by Crippen LogP contribution is -2.39. The summed E-state index contributed by atoms with van der Waals surface area (Å²) in [4.78, 5) is 15.8. The van der Waals surface area contributed by atoms with Crippen molar-refractivity contribution < 1.29 is 4.79 Å². The van der Waals surface area contributed by atoms with Crippen molar-refractivity contribution in [3.8, 4) is 16.4 Å². The number of nitrogens with zero attached hydrogens (tertiary/aromatic N) is 4. The van der Waals surface area contributed by atoms with Crippen molar-refractivity contribution in [2.45, 2.75) is 43.3 Å². The van der Waals surface area contributed by atoms with E-state index in [1.54, 1.807) is 11.3 Å². The predicted octanol–water partition coefficient (Wildman–Crippen LogP) is 4.88. The van der Waals surface area contributed by atoms with Crippen LogP contribution in [0.5, 0.6) is 0 Å². The molecule has 0 N–H and O–H groups in total. The molecule has 1 amide bonds. The summed E-state index contributed by atoms with van der Waals surface area (Å²) in [6, 6.07) is 14.5. The van der Waals surface area contributed by atoms with Gasteiger partial charge in [-0.1, -0.05) is 55.3 Å². The van der Waals surface area contributed by atoms with Gasteiger partial charge in [0.05, 0.1) is 10.6 Å². The Hall–Kier alpha value is -2.12. The van der Waals surface area contributed by atoms with Crippen LogP contribution < -0.4 is 0 Å². The molecule has 1 aliphatic carbocycles. The lowest BCUT2D eigenvalue weighted by atomic mass is 9.94. The smallest absolute Gasteiger partial charge is 0.233 e. The number of hydrogen-bond acceptors (Lipinski definition) is 5. The van der Waals surface area contributed by atoms with Gasteiger partial charge in [-0.3, -0.25) is 9.36 Å². The van der Waals surface area contributed by atoms with Gasteiger partial charge in [-0.25, -0.2) is 0 Å². The molecule has 7 heteroatoms. The maximum Gasteiger partial charge on any atom is 0.233 e. The van der Waals surface area contributed by atoms with Crippen LogP contribution >= 0.6 is 23.1 Å². The van der Waals surface area contributed by atoms with Crippen LogP contribution in [-0.4, -0.2) is 44.4 Å². The zero-order valence-corrected chi connectivity index (χ0v) is 17.6. The normalized spacial score (nSPS) is 14.9. The quantitative estimate of drug-likeness (QED) is 0.542. The summed E-state index contributed by atoms with van der Waals surface area (Å²) in [6.45, 7) is 0. The molecular weight excluding hydrogens is 388 g/mol. The fourth-order valence-electron chi connectivity index (χ4n) is 3.64. The first-order valence-electron chi connectivity index (χ1n) is 9.67. The van der Waals surface area contributed by atoms with Crippen molar-refractivity contribution in [3.63, 3.8) is 0 Å². The molecule has 4 rings (SSSR count). The Morgan fingerprint density at radius 1 is 1.14 bits per heavy atom. The van der Waals surface area contributed by atoms with E-state index in [-0.39, 0.29) is 5.91 Å². The Bertz CT molecular complexity index is 902. The number of carbonyl (C=O) groups is 1. The number of hydrogen-bond donors (Lipinski definition) is 0. The number of aromatic nitrogens is 3. The first kappa shape index (κ1) is 19.2. The van der Waals surface area contributed by atoms with E-state index >= 15 is 0 Å². The van der Waals surface area contributed by atoms with E-state index < -0.39 is 0 Å². The Morgan fingerprint density at radius 2 is 1.93 bits per heavy atom. The molecule has 146 valence electrons. The molecule has 0 saturated heterocycles. The number of thiophene rings is 1. The van der Waals surface area contributed by atoms with Crippen molar-refractivity contribution >= 4 is 29.0 Å². The van der Waals surface area contributed by atoms with E-state index in [0.717, 1.165) is 34.4 Å². The highest BCUT2D eigenvalue weighted by Gasteiger charge is 2.23. The molecule has 2 aromatic heterocycles. The van der Waals surface area contributed by atoms with Crippen molar-refractivity contribution in [1.82, 2.24) is 19.7 Å². The van der Waals surface area contributed by atoms with E-state index in [1.807, 2.05) is 64.4 Å². The van der Waals surface area contributed by atoms with E-state index in [2.05, 4.69) is 10.2 Å². The SMILES string of the molecule is CN(C(=O)CSc1nnc(-c2cccs2)n1-c1ccccc1)C1CCCCC1. The minimum atomic E-state index is 0.164. The monoisotopic (exact) mass is 412 g/mol. The summed E-state index contributed by atoms with van der Waals surface area (Å²) in [5, 5.41) is 11.6. The van der Waals surface area contributed by atoms with E-state index in [4.69, 9.17) is 0 Å². The average molecular weight is 413 g/mol. The van der Waals surface area contributed by atoms with Crippen LogP contribution in [0, 0.1) is 0 Å². The topological polar surface area (TPSA) is 51.0 Å². The molecule has 0 unspecified atom stereocenters. The third-order valence-corrected chi connectivity index (χ3v) is 7.01. The molecule has 0 atom stereocenters. The number of rotatable bonds is 6. The minimum absolute atomic E-state index is 0.164. The highest BCUT2D eigenvalue weighted by Crippen LogP contribution is 2.30. The van der Waals surface area contributed by atoms with Gasteiger partial charge in [-0.05, 0) is 36.4 Å². The summed E-state index contributed by atoms with van der Waals surface area (Å²) in [6.07, 6.45) is 5.98. The van der Waals surface area contributed by atoms with Crippen LogP contribution in [-0.2, 0) is 4.79 Å². The van der Waals surface area contributed by atoms with Gasteiger partial charge in [0.2, 0.25) is 5.91 Å². The summed E-state index contributed by atoms with van der Waals surface area (Å²) in [7, 11) is 1.94. The lowest BCUT2D eigenvalue weighted by molar-refractivity contribution is -0.129. The van der Waals surface area contributed by atoms with Gasteiger partial charge in [0, 0.05) is 18.8 Å². The number of amides is 1. The molecule has 3 aromatic rings. The average Bonchev–Trinajstić information content (AvgIpc) is 3.42. The molecule has 1 saturated carbocycles. The van der Waals surface area contributed by atoms with Gasteiger partial charge in [-0.2, -0.15) is 0 Å². The van der Waals surface area contributed by atoms with Crippen LogP contribution in [0.25, 0.3) is 16.4 Å². The van der Waals surface area contributed by atoms with Crippen LogP contribution in [0.15, 0.2) is 53.0 Å². The Morgan fingerprint density at radius 3 is 2.64 bits per heavy atom.